The fraction of sp³-hybridized carbons (Fsp3) is 0.364. The van der Waals surface area contributed by atoms with Gasteiger partial charge in [-0.3, -0.25) is 9.59 Å². The number of benzene rings is 2. The third kappa shape index (κ3) is 5.49. The van der Waals surface area contributed by atoms with Gasteiger partial charge in [0.15, 0.2) is 11.5 Å². The number of likely N-dealkylation sites (N-methyl/N-ethyl adjacent to an activating group) is 1. The van der Waals surface area contributed by atoms with Crippen molar-refractivity contribution in [2.75, 3.05) is 33.1 Å². The van der Waals surface area contributed by atoms with Crippen LogP contribution in [-0.2, 0) is 16.0 Å². The zero-order valence-corrected chi connectivity index (χ0v) is 17.2. The zero-order chi connectivity index (χ0) is 20.7. The van der Waals surface area contributed by atoms with Crippen LogP contribution in [0.4, 0.5) is 5.69 Å². The predicted octanol–water partition coefficient (Wildman–Crippen LogP) is 3.35. The van der Waals surface area contributed by atoms with Crippen LogP contribution < -0.4 is 14.8 Å². The minimum Gasteiger partial charge on any atom is -0.493 e. The number of ether oxygens (including phenoxy) is 2. The summed E-state index contributed by atoms with van der Waals surface area (Å²) in [5.41, 5.74) is 3.77. The maximum atomic E-state index is 12.4. The first-order chi connectivity index (χ1) is 13.3. The third-order valence-corrected chi connectivity index (χ3v) is 4.63. The molecule has 0 radical (unpaired) electrons. The maximum Gasteiger partial charge on any atom is 0.243 e. The predicted molar refractivity (Wildman–Crippen MR) is 110 cm³/mol. The van der Waals surface area contributed by atoms with E-state index in [0.29, 0.717) is 24.3 Å². The van der Waals surface area contributed by atoms with E-state index in [1.54, 1.807) is 21.3 Å². The van der Waals surface area contributed by atoms with Crippen LogP contribution in [0.3, 0.4) is 0 Å². The number of carbonyl (C=O) groups excluding carboxylic acids is 2. The summed E-state index contributed by atoms with van der Waals surface area (Å²) in [7, 11) is 4.80. The summed E-state index contributed by atoms with van der Waals surface area (Å²) < 4.78 is 10.5. The number of anilines is 1. The first-order valence-corrected chi connectivity index (χ1v) is 9.16. The van der Waals surface area contributed by atoms with Crippen molar-refractivity contribution in [1.29, 1.82) is 0 Å². The highest BCUT2D eigenvalue weighted by Crippen LogP contribution is 2.28. The number of carbonyl (C=O) groups is 2. The van der Waals surface area contributed by atoms with Crippen molar-refractivity contribution < 1.29 is 19.1 Å². The van der Waals surface area contributed by atoms with Gasteiger partial charge >= 0.3 is 0 Å². The normalized spacial score (nSPS) is 10.3. The topological polar surface area (TPSA) is 67.9 Å². The Kier molecular flexibility index (Phi) is 7.44. The Hall–Kier alpha value is -3.02. The molecule has 2 rings (SSSR count). The van der Waals surface area contributed by atoms with Crippen molar-refractivity contribution in [3.63, 3.8) is 0 Å². The summed E-state index contributed by atoms with van der Waals surface area (Å²) in [4.78, 5) is 26.2. The molecule has 0 saturated carbocycles. The average molecular weight is 384 g/mol. The second-order valence-corrected chi connectivity index (χ2v) is 6.75. The van der Waals surface area contributed by atoms with E-state index >= 15 is 0 Å². The van der Waals surface area contributed by atoms with Gasteiger partial charge in [0.05, 0.1) is 20.8 Å². The van der Waals surface area contributed by atoms with E-state index in [0.717, 1.165) is 22.4 Å². The molecule has 1 N–H and O–H groups in total. The zero-order valence-electron chi connectivity index (χ0n) is 17.2. The van der Waals surface area contributed by atoms with Crippen molar-refractivity contribution in [2.24, 2.45) is 0 Å². The monoisotopic (exact) mass is 384 g/mol. The molecule has 0 aliphatic heterocycles. The highest BCUT2D eigenvalue weighted by atomic mass is 16.5. The summed E-state index contributed by atoms with van der Waals surface area (Å²) in [5.74, 6) is 0.984. The Labute approximate surface area is 166 Å². The van der Waals surface area contributed by atoms with Gasteiger partial charge in [-0.25, -0.2) is 0 Å². The molecule has 150 valence electrons. The molecular weight excluding hydrogens is 356 g/mol. The van der Waals surface area contributed by atoms with Crippen LogP contribution in [-0.4, -0.2) is 44.5 Å². The summed E-state index contributed by atoms with van der Waals surface area (Å²) in [5, 5.41) is 2.90. The first kappa shape index (κ1) is 21.3. The maximum absolute atomic E-state index is 12.4. The van der Waals surface area contributed by atoms with E-state index in [1.165, 1.54) is 4.90 Å². The quantitative estimate of drug-likeness (QED) is 0.758. The van der Waals surface area contributed by atoms with Gasteiger partial charge in [-0.1, -0.05) is 24.3 Å². The van der Waals surface area contributed by atoms with Crippen LogP contribution in [0.15, 0.2) is 36.4 Å². The van der Waals surface area contributed by atoms with Crippen molar-refractivity contribution >= 4 is 17.5 Å². The lowest BCUT2D eigenvalue weighted by molar-refractivity contribution is -0.133. The fourth-order valence-electron chi connectivity index (χ4n) is 2.97. The smallest absolute Gasteiger partial charge is 0.243 e. The number of aryl methyl sites for hydroxylation is 3. The molecule has 0 bridgehead atoms. The van der Waals surface area contributed by atoms with Crippen LogP contribution in [0.1, 0.15) is 23.1 Å². The van der Waals surface area contributed by atoms with Gasteiger partial charge < -0.3 is 19.7 Å². The molecule has 28 heavy (non-hydrogen) atoms. The van der Waals surface area contributed by atoms with E-state index in [1.807, 2.05) is 50.2 Å². The van der Waals surface area contributed by atoms with Crippen molar-refractivity contribution in [1.82, 2.24) is 4.90 Å². The number of rotatable bonds is 8. The standard InChI is InChI=1S/C22H28N2O4/c1-15-7-6-8-16(2)22(15)23-20(25)14-24(3)21(26)12-10-17-9-11-18(27-4)19(13-17)28-5/h6-9,11,13H,10,12,14H2,1-5H3,(H,23,25). The van der Waals surface area contributed by atoms with Gasteiger partial charge in [-0.05, 0) is 49.1 Å². The molecule has 0 aliphatic carbocycles. The Balaban J connectivity index is 1.89. The van der Waals surface area contributed by atoms with Crippen LogP contribution in [0.5, 0.6) is 11.5 Å². The van der Waals surface area contributed by atoms with Gasteiger partial charge in [0.25, 0.3) is 0 Å². The minimum atomic E-state index is -0.209. The molecule has 0 atom stereocenters. The number of hydrogen-bond donors (Lipinski definition) is 1. The average Bonchev–Trinajstić information content (AvgIpc) is 2.68. The lowest BCUT2D eigenvalue weighted by Crippen LogP contribution is -2.35. The molecular formula is C22H28N2O4. The Morgan fingerprint density at radius 3 is 2.25 bits per heavy atom. The number of amides is 2. The van der Waals surface area contributed by atoms with E-state index < -0.39 is 0 Å². The van der Waals surface area contributed by atoms with E-state index in [2.05, 4.69) is 5.32 Å². The molecule has 0 fully saturated rings. The molecule has 0 aliphatic rings. The molecule has 2 aromatic carbocycles. The molecule has 6 nitrogen and oxygen atoms in total. The molecule has 2 aromatic rings. The number of methoxy groups -OCH3 is 2. The second kappa shape index (κ2) is 9.78. The van der Waals surface area contributed by atoms with Crippen molar-refractivity contribution in [2.45, 2.75) is 26.7 Å². The molecule has 0 heterocycles. The highest BCUT2D eigenvalue weighted by Gasteiger charge is 2.15. The highest BCUT2D eigenvalue weighted by molar-refractivity contribution is 5.95. The van der Waals surface area contributed by atoms with Crippen LogP contribution >= 0.6 is 0 Å². The molecule has 2 amide bonds. The molecule has 0 saturated heterocycles. The summed E-state index contributed by atoms with van der Waals surface area (Å²) in [6, 6.07) is 11.4. The van der Waals surface area contributed by atoms with Gasteiger partial charge in [0.1, 0.15) is 0 Å². The van der Waals surface area contributed by atoms with Crippen molar-refractivity contribution in [3.8, 4) is 11.5 Å². The largest absolute Gasteiger partial charge is 0.493 e. The fourth-order valence-corrected chi connectivity index (χ4v) is 2.97. The molecule has 0 aromatic heterocycles. The summed E-state index contributed by atoms with van der Waals surface area (Å²) >= 11 is 0. The van der Waals surface area contributed by atoms with Crippen LogP contribution in [0, 0.1) is 13.8 Å². The van der Waals surface area contributed by atoms with Crippen LogP contribution in [0.25, 0.3) is 0 Å². The molecule has 0 unspecified atom stereocenters. The molecule has 6 heteroatoms. The minimum absolute atomic E-state index is 0.0124. The lowest BCUT2D eigenvalue weighted by atomic mass is 10.1. The number of nitrogens with zero attached hydrogens (tertiary/aromatic N) is 1. The third-order valence-electron chi connectivity index (χ3n) is 4.63. The van der Waals surface area contributed by atoms with Gasteiger partial charge in [0.2, 0.25) is 11.8 Å². The van der Waals surface area contributed by atoms with E-state index in [-0.39, 0.29) is 18.4 Å². The first-order valence-electron chi connectivity index (χ1n) is 9.16. The van der Waals surface area contributed by atoms with Crippen molar-refractivity contribution in [3.05, 3.63) is 53.1 Å². The number of nitrogens with one attached hydrogen (secondary N) is 1. The second-order valence-electron chi connectivity index (χ2n) is 6.75. The van der Waals surface area contributed by atoms with E-state index in [9.17, 15) is 9.59 Å². The SMILES string of the molecule is COc1ccc(CCC(=O)N(C)CC(=O)Nc2c(C)cccc2C)cc1OC. The van der Waals surface area contributed by atoms with Gasteiger partial charge in [-0.2, -0.15) is 0 Å². The Bertz CT molecular complexity index is 828. The summed E-state index contributed by atoms with van der Waals surface area (Å²) in [6.45, 7) is 3.90. The Morgan fingerprint density at radius 1 is 1.00 bits per heavy atom. The van der Waals surface area contributed by atoms with Gasteiger partial charge in [-0.15, -0.1) is 0 Å². The number of para-hydroxylation sites is 1. The number of hydrogen-bond acceptors (Lipinski definition) is 4. The lowest BCUT2D eigenvalue weighted by Gasteiger charge is -2.18. The van der Waals surface area contributed by atoms with E-state index in [4.69, 9.17) is 9.47 Å². The van der Waals surface area contributed by atoms with Crippen LogP contribution in [0.2, 0.25) is 0 Å². The summed E-state index contributed by atoms with van der Waals surface area (Å²) in [6.07, 6.45) is 0.866. The molecule has 0 spiro atoms. The van der Waals surface area contributed by atoms with Gasteiger partial charge in [0, 0.05) is 19.2 Å². The Morgan fingerprint density at radius 2 is 1.64 bits per heavy atom.